The Labute approximate surface area is 241 Å². The monoisotopic (exact) mass is 552 g/mol. The molecule has 41 heavy (non-hydrogen) atoms. The molecule has 0 bridgehead atoms. The minimum atomic E-state index is -0.987. The van der Waals surface area contributed by atoms with E-state index in [1.807, 2.05) is 121 Å². The van der Waals surface area contributed by atoms with E-state index >= 15 is 0 Å². The van der Waals surface area contributed by atoms with Gasteiger partial charge in [-0.3, -0.25) is 0 Å². The molecule has 0 amide bonds. The average molecular weight is 553 g/mol. The Morgan fingerprint density at radius 2 is 1.00 bits per heavy atom. The molecule has 4 aromatic carbocycles. The van der Waals surface area contributed by atoms with Gasteiger partial charge in [0, 0.05) is 11.5 Å². The zero-order valence-corrected chi connectivity index (χ0v) is 22.9. The number of ether oxygens (including phenoxy) is 5. The van der Waals surface area contributed by atoms with E-state index in [0.29, 0.717) is 26.4 Å². The van der Waals surface area contributed by atoms with Gasteiger partial charge < -0.3 is 28.8 Å². The van der Waals surface area contributed by atoms with Crippen molar-refractivity contribution >= 4 is 0 Å². The zero-order valence-electron chi connectivity index (χ0n) is 22.9. The summed E-state index contributed by atoms with van der Waals surface area (Å²) in [4.78, 5) is 0. The van der Waals surface area contributed by atoms with Gasteiger partial charge in [0.2, 0.25) is 0 Å². The van der Waals surface area contributed by atoms with Crippen molar-refractivity contribution in [3.8, 4) is 0 Å². The second kappa shape index (κ2) is 13.5. The van der Waals surface area contributed by atoms with E-state index in [1.165, 1.54) is 0 Å². The molecule has 1 saturated heterocycles. The maximum atomic E-state index is 11.9. The lowest BCUT2D eigenvalue weighted by Gasteiger charge is -2.51. The van der Waals surface area contributed by atoms with Crippen LogP contribution in [0.1, 0.15) is 28.5 Å². The Balaban J connectivity index is 1.29. The molecule has 2 fully saturated rings. The second-order valence-electron chi connectivity index (χ2n) is 10.6. The third-order valence-electron chi connectivity index (χ3n) is 7.81. The molecule has 7 atom stereocenters. The third-order valence-corrected chi connectivity index (χ3v) is 7.81. The standard InChI is InChI=1S/C35H36O6/c36-30-33(38-22-26-15-7-2-8-16-26)31(37-21-25-13-5-1-6-14-25)29-24-40-35(28-19-11-4-12-20-28)41-32(29)34(30)39-23-27-17-9-3-10-18-27/h1-20,29-36H,21-24H2/t29-,30+,31-,32+,33-,34+,35+/m1/s1. The van der Waals surface area contributed by atoms with Gasteiger partial charge in [-0.2, -0.15) is 0 Å². The molecule has 6 heteroatoms. The highest BCUT2D eigenvalue weighted by Gasteiger charge is 2.55. The number of aliphatic hydroxyl groups excluding tert-OH is 1. The second-order valence-corrected chi connectivity index (χ2v) is 10.6. The minimum Gasteiger partial charge on any atom is -0.387 e. The average Bonchev–Trinajstić information content (AvgIpc) is 3.04. The van der Waals surface area contributed by atoms with E-state index in [4.69, 9.17) is 23.7 Å². The molecule has 212 valence electrons. The number of fused-ring (bicyclic) bond motifs is 1. The summed E-state index contributed by atoms with van der Waals surface area (Å²) in [5.41, 5.74) is 4.01. The summed E-state index contributed by atoms with van der Waals surface area (Å²) in [5, 5.41) is 11.9. The number of aliphatic hydroxyl groups is 1. The molecule has 1 heterocycles. The van der Waals surface area contributed by atoms with Crippen molar-refractivity contribution < 1.29 is 28.8 Å². The highest BCUT2D eigenvalue weighted by molar-refractivity contribution is 5.19. The lowest BCUT2D eigenvalue weighted by atomic mass is 9.77. The van der Waals surface area contributed by atoms with Gasteiger partial charge in [0.1, 0.15) is 18.3 Å². The van der Waals surface area contributed by atoms with Crippen LogP contribution in [0.4, 0.5) is 0 Å². The van der Waals surface area contributed by atoms with Crippen LogP contribution < -0.4 is 0 Å². The van der Waals surface area contributed by atoms with Crippen molar-refractivity contribution in [2.45, 2.75) is 56.6 Å². The van der Waals surface area contributed by atoms with Crippen molar-refractivity contribution in [1.29, 1.82) is 0 Å². The van der Waals surface area contributed by atoms with Gasteiger partial charge in [-0.25, -0.2) is 0 Å². The van der Waals surface area contributed by atoms with Gasteiger partial charge in [-0.1, -0.05) is 121 Å². The van der Waals surface area contributed by atoms with Gasteiger partial charge in [0.25, 0.3) is 0 Å². The molecule has 0 unspecified atom stereocenters. The highest BCUT2D eigenvalue weighted by Crippen LogP contribution is 2.41. The molecule has 6 nitrogen and oxygen atoms in total. The number of hydrogen-bond donors (Lipinski definition) is 1. The van der Waals surface area contributed by atoms with Crippen LogP contribution in [0.2, 0.25) is 0 Å². The van der Waals surface area contributed by atoms with Gasteiger partial charge in [-0.05, 0) is 16.7 Å². The van der Waals surface area contributed by atoms with Crippen LogP contribution >= 0.6 is 0 Å². The fourth-order valence-corrected chi connectivity index (χ4v) is 5.69. The first-order valence-corrected chi connectivity index (χ1v) is 14.2. The Bertz CT molecular complexity index is 1270. The minimum absolute atomic E-state index is 0.219. The van der Waals surface area contributed by atoms with Gasteiger partial charge in [0.15, 0.2) is 6.29 Å². The number of benzene rings is 4. The van der Waals surface area contributed by atoms with Crippen LogP contribution in [0.3, 0.4) is 0 Å². The molecule has 1 aliphatic carbocycles. The number of rotatable bonds is 10. The first-order valence-electron chi connectivity index (χ1n) is 14.2. The molecule has 4 aromatic rings. The molecule has 1 N–H and O–H groups in total. The fraction of sp³-hybridized carbons (Fsp3) is 0.314. The smallest absolute Gasteiger partial charge is 0.184 e. The van der Waals surface area contributed by atoms with Crippen molar-refractivity contribution in [3.63, 3.8) is 0 Å². The first kappa shape index (κ1) is 27.8. The quantitative estimate of drug-likeness (QED) is 0.266. The molecular formula is C35H36O6. The maximum Gasteiger partial charge on any atom is 0.184 e. The summed E-state index contributed by atoms with van der Waals surface area (Å²) < 4.78 is 32.4. The Morgan fingerprint density at radius 3 is 1.51 bits per heavy atom. The lowest BCUT2D eigenvalue weighted by Crippen LogP contribution is -2.66. The molecule has 0 radical (unpaired) electrons. The topological polar surface area (TPSA) is 66.4 Å². The SMILES string of the molecule is O[C@H]1[C@@H](OCc2ccccc2)[C@H](OCc2ccccc2)[C@H]2CO[C@H](c3ccccc3)O[C@@H]2[C@H]1OCc1ccccc1. The fourth-order valence-electron chi connectivity index (χ4n) is 5.69. The first-order chi connectivity index (χ1) is 20.3. The van der Waals surface area contributed by atoms with Crippen molar-refractivity contribution in [1.82, 2.24) is 0 Å². The summed E-state index contributed by atoms with van der Waals surface area (Å²) in [6.07, 6.45) is -3.80. The van der Waals surface area contributed by atoms with E-state index in [2.05, 4.69) is 0 Å². The molecule has 0 spiro atoms. The molecule has 6 rings (SSSR count). The van der Waals surface area contributed by atoms with Crippen LogP contribution in [0.5, 0.6) is 0 Å². The maximum absolute atomic E-state index is 11.9. The zero-order chi connectivity index (χ0) is 27.9. The Kier molecular flexibility index (Phi) is 9.17. The summed E-state index contributed by atoms with van der Waals surface area (Å²) in [5.74, 6) is -0.219. The normalized spacial score (nSPS) is 27.7. The van der Waals surface area contributed by atoms with Crippen LogP contribution in [0, 0.1) is 5.92 Å². The molecule has 0 aromatic heterocycles. The van der Waals surface area contributed by atoms with Crippen molar-refractivity contribution in [2.75, 3.05) is 6.61 Å². The van der Waals surface area contributed by atoms with Gasteiger partial charge >= 0.3 is 0 Å². The van der Waals surface area contributed by atoms with E-state index in [0.717, 1.165) is 22.3 Å². The molecule has 1 saturated carbocycles. The molecule has 2 aliphatic rings. The Hall–Kier alpha value is -3.36. The van der Waals surface area contributed by atoms with Crippen LogP contribution in [0.15, 0.2) is 121 Å². The van der Waals surface area contributed by atoms with Crippen molar-refractivity contribution in [3.05, 3.63) is 144 Å². The number of hydrogen-bond acceptors (Lipinski definition) is 6. The van der Waals surface area contributed by atoms with Crippen molar-refractivity contribution in [2.24, 2.45) is 5.92 Å². The van der Waals surface area contributed by atoms with E-state index in [9.17, 15) is 5.11 Å². The highest BCUT2D eigenvalue weighted by atomic mass is 16.7. The van der Waals surface area contributed by atoms with Gasteiger partial charge in [-0.15, -0.1) is 0 Å². The molecular weight excluding hydrogens is 516 g/mol. The molecule has 1 aliphatic heterocycles. The largest absolute Gasteiger partial charge is 0.387 e. The Morgan fingerprint density at radius 1 is 0.561 bits per heavy atom. The third kappa shape index (κ3) is 6.76. The van der Waals surface area contributed by atoms with E-state index in [-0.39, 0.29) is 5.92 Å². The lowest BCUT2D eigenvalue weighted by molar-refractivity contribution is -0.329. The van der Waals surface area contributed by atoms with Crippen LogP contribution in [0.25, 0.3) is 0 Å². The van der Waals surface area contributed by atoms with Gasteiger partial charge in [0.05, 0.1) is 38.6 Å². The van der Waals surface area contributed by atoms with E-state index in [1.54, 1.807) is 0 Å². The van der Waals surface area contributed by atoms with Crippen LogP contribution in [-0.4, -0.2) is 42.2 Å². The predicted molar refractivity (Wildman–Crippen MR) is 155 cm³/mol. The summed E-state index contributed by atoms with van der Waals surface area (Å²) in [7, 11) is 0. The summed E-state index contributed by atoms with van der Waals surface area (Å²) in [6.45, 7) is 1.44. The van der Waals surface area contributed by atoms with E-state index < -0.39 is 36.8 Å². The summed E-state index contributed by atoms with van der Waals surface area (Å²) in [6, 6.07) is 39.8. The van der Waals surface area contributed by atoms with Crippen LogP contribution in [-0.2, 0) is 43.5 Å². The predicted octanol–water partition coefficient (Wildman–Crippen LogP) is 5.85. The summed E-state index contributed by atoms with van der Waals surface area (Å²) >= 11 is 0.